The van der Waals surface area contributed by atoms with Gasteiger partial charge in [0.25, 0.3) is 0 Å². The smallest absolute Gasteiger partial charge is 0.389 e. The van der Waals surface area contributed by atoms with E-state index in [4.69, 9.17) is 11.5 Å². The van der Waals surface area contributed by atoms with Crippen LogP contribution in [-0.4, -0.2) is 9.91 Å². The quantitative estimate of drug-likeness (QED) is 0.537. The number of aromatic nitrogens is 1. The molecule has 0 radical (unpaired) electrons. The normalized spacial score (nSPS) is 10.4. The maximum Gasteiger partial charge on any atom is 0.389 e. The van der Waals surface area contributed by atoms with Crippen molar-refractivity contribution < 1.29 is 4.92 Å². The number of nitro groups is 1. The Morgan fingerprint density at radius 3 is 2.53 bits per heavy atom. The van der Waals surface area contributed by atoms with Gasteiger partial charge in [0.1, 0.15) is 0 Å². The van der Waals surface area contributed by atoms with Crippen LogP contribution in [0.3, 0.4) is 0 Å². The zero-order valence-electron chi connectivity index (χ0n) is 7.68. The highest BCUT2D eigenvalue weighted by atomic mass is 16.6. The number of rotatable bonds is 1. The molecule has 0 bridgehead atoms. The van der Waals surface area contributed by atoms with Gasteiger partial charge in [-0.25, -0.2) is 0 Å². The van der Waals surface area contributed by atoms with Crippen LogP contribution in [0.4, 0.5) is 17.2 Å². The van der Waals surface area contributed by atoms with Gasteiger partial charge in [0.2, 0.25) is 0 Å². The van der Waals surface area contributed by atoms with E-state index in [0.717, 1.165) is 0 Å². The van der Waals surface area contributed by atoms with E-state index in [1.807, 2.05) is 0 Å². The molecular formula is C9H8N4O2. The van der Waals surface area contributed by atoms with Gasteiger partial charge in [-0.3, -0.25) is 0 Å². The van der Waals surface area contributed by atoms with Gasteiger partial charge >= 0.3 is 5.82 Å². The summed E-state index contributed by atoms with van der Waals surface area (Å²) in [4.78, 5) is 13.8. The molecule has 0 aliphatic carbocycles. The van der Waals surface area contributed by atoms with Crippen molar-refractivity contribution in [3.05, 3.63) is 34.4 Å². The summed E-state index contributed by atoms with van der Waals surface area (Å²) < 4.78 is 0. The van der Waals surface area contributed by atoms with E-state index in [9.17, 15) is 10.1 Å². The van der Waals surface area contributed by atoms with Crippen molar-refractivity contribution in [2.75, 3.05) is 11.5 Å². The van der Waals surface area contributed by atoms with E-state index in [0.29, 0.717) is 10.9 Å². The van der Waals surface area contributed by atoms with Crippen LogP contribution in [0.2, 0.25) is 0 Å². The number of hydrogen-bond donors (Lipinski definition) is 2. The molecule has 4 N–H and O–H groups in total. The lowest BCUT2D eigenvalue weighted by Gasteiger charge is -2.03. The van der Waals surface area contributed by atoms with Gasteiger partial charge < -0.3 is 21.6 Å². The molecule has 2 rings (SSSR count). The molecule has 6 heteroatoms. The second kappa shape index (κ2) is 3.09. The van der Waals surface area contributed by atoms with Crippen LogP contribution in [-0.2, 0) is 0 Å². The molecule has 0 amide bonds. The van der Waals surface area contributed by atoms with Crippen molar-refractivity contribution >= 4 is 28.1 Å². The summed E-state index contributed by atoms with van der Waals surface area (Å²) in [6.07, 6.45) is 0. The number of hydrogen-bond acceptors (Lipinski definition) is 5. The number of pyridine rings is 1. The summed E-state index contributed by atoms with van der Waals surface area (Å²) in [5.74, 6) is -0.397. The van der Waals surface area contributed by atoms with E-state index in [-0.39, 0.29) is 11.4 Å². The average molecular weight is 204 g/mol. The van der Waals surface area contributed by atoms with Crippen LogP contribution in [0.1, 0.15) is 0 Å². The lowest BCUT2D eigenvalue weighted by molar-refractivity contribution is -0.388. The molecule has 1 aromatic heterocycles. The fourth-order valence-electron chi connectivity index (χ4n) is 1.38. The van der Waals surface area contributed by atoms with Gasteiger partial charge in [-0.1, -0.05) is 12.1 Å². The number of nitrogens with two attached hydrogens (primary N) is 2. The first kappa shape index (κ1) is 9.20. The summed E-state index contributed by atoms with van der Waals surface area (Å²) in [5, 5.41) is 11.3. The van der Waals surface area contributed by atoms with Crippen LogP contribution < -0.4 is 11.5 Å². The first-order valence-electron chi connectivity index (χ1n) is 4.19. The SMILES string of the molecule is Nc1c([N+](=O)[O-])nc2ccccc2c1N. The minimum Gasteiger partial charge on any atom is -0.396 e. The van der Waals surface area contributed by atoms with E-state index in [1.165, 1.54) is 0 Å². The van der Waals surface area contributed by atoms with Crippen LogP contribution in [0.15, 0.2) is 24.3 Å². The Kier molecular flexibility index (Phi) is 1.89. The third-order valence-corrected chi connectivity index (χ3v) is 2.12. The molecule has 0 aliphatic rings. The molecule has 0 atom stereocenters. The summed E-state index contributed by atoms with van der Waals surface area (Å²) in [7, 11) is 0. The Morgan fingerprint density at radius 2 is 1.87 bits per heavy atom. The van der Waals surface area contributed by atoms with Gasteiger partial charge in [-0.15, -0.1) is 0 Å². The molecule has 76 valence electrons. The van der Waals surface area contributed by atoms with Crippen LogP contribution in [0.25, 0.3) is 10.9 Å². The molecule has 0 fully saturated rings. The zero-order chi connectivity index (χ0) is 11.0. The van der Waals surface area contributed by atoms with Gasteiger partial charge in [-0.2, -0.15) is 0 Å². The second-order valence-electron chi connectivity index (χ2n) is 3.04. The molecule has 15 heavy (non-hydrogen) atoms. The fourth-order valence-corrected chi connectivity index (χ4v) is 1.38. The summed E-state index contributed by atoms with van der Waals surface area (Å²) in [6, 6.07) is 6.87. The highest BCUT2D eigenvalue weighted by Crippen LogP contribution is 2.31. The molecule has 0 saturated carbocycles. The van der Waals surface area contributed by atoms with Crippen molar-refractivity contribution in [3.63, 3.8) is 0 Å². The summed E-state index contributed by atoms with van der Waals surface area (Å²) >= 11 is 0. The summed E-state index contributed by atoms with van der Waals surface area (Å²) in [6.45, 7) is 0. The Hall–Kier alpha value is -2.37. The average Bonchev–Trinajstić information content (AvgIpc) is 2.23. The molecule has 0 aliphatic heterocycles. The second-order valence-corrected chi connectivity index (χ2v) is 3.04. The third kappa shape index (κ3) is 1.32. The van der Waals surface area contributed by atoms with Crippen LogP contribution >= 0.6 is 0 Å². The van der Waals surface area contributed by atoms with Crippen molar-refractivity contribution in [2.45, 2.75) is 0 Å². The predicted octanol–water partition coefficient (Wildman–Crippen LogP) is 1.31. The molecule has 0 unspecified atom stereocenters. The summed E-state index contributed by atoms with van der Waals surface area (Å²) in [5.41, 5.74) is 11.8. The Labute approximate surface area is 84.7 Å². The van der Waals surface area contributed by atoms with Gasteiger partial charge in [0.05, 0.1) is 11.1 Å². The standard InChI is InChI=1S/C9H8N4O2/c10-7-5-3-1-2-4-6(5)12-9(8(7)11)13(14)15/h1-4H,11H2,(H2,10,12). The number of fused-ring (bicyclic) bond motifs is 1. The number of benzene rings is 1. The fraction of sp³-hybridized carbons (Fsp3) is 0. The lowest BCUT2D eigenvalue weighted by atomic mass is 10.1. The molecule has 1 aromatic carbocycles. The minimum atomic E-state index is -0.641. The van der Waals surface area contributed by atoms with Gasteiger partial charge in [0, 0.05) is 0 Å². The minimum absolute atomic E-state index is 0.0845. The largest absolute Gasteiger partial charge is 0.396 e. The molecule has 2 aromatic rings. The number of anilines is 2. The first-order valence-corrected chi connectivity index (χ1v) is 4.19. The Bertz CT molecular complexity index is 553. The van der Waals surface area contributed by atoms with Gasteiger partial charge in [-0.05, 0) is 22.0 Å². The van der Waals surface area contributed by atoms with E-state index in [2.05, 4.69) is 4.98 Å². The maximum absolute atomic E-state index is 10.6. The first-order chi connectivity index (χ1) is 7.11. The van der Waals surface area contributed by atoms with E-state index >= 15 is 0 Å². The third-order valence-electron chi connectivity index (χ3n) is 2.12. The number of nitrogens with zero attached hydrogens (tertiary/aromatic N) is 2. The lowest BCUT2D eigenvalue weighted by Crippen LogP contribution is -2.03. The monoisotopic (exact) mass is 204 g/mol. The van der Waals surface area contributed by atoms with E-state index < -0.39 is 10.7 Å². The number of nitrogen functional groups attached to an aromatic ring is 2. The molecule has 6 nitrogen and oxygen atoms in total. The van der Waals surface area contributed by atoms with Gasteiger partial charge in [0.15, 0.2) is 11.2 Å². The van der Waals surface area contributed by atoms with Crippen molar-refractivity contribution in [3.8, 4) is 0 Å². The Balaban J connectivity index is 2.88. The van der Waals surface area contributed by atoms with Crippen molar-refractivity contribution in [2.24, 2.45) is 0 Å². The van der Waals surface area contributed by atoms with Crippen LogP contribution in [0, 0.1) is 10.1 Å². The van der Waals surface area contributed by atoms with E-state index in [1.54, 1.807) is 24.3 Å². The highest BCUT2D eigenvalue weighted by molar-refractivity contribution is 5.98. The highest BCUT2D eigenvalue weighted by Gasteiger charge is 2.19. The topological polar surface area (TPSA) is 108 Å². The van der Waals surface area contributed by atoms with Crippen molar-refractivity contribution in [1.82, 2.24) is 4.98 Å². The molecule has 1 heterocycles. The zero-order valence-corrected chi connectivity index (χ0v) is 7.68. The van der Waals surface area contributed by atoms with Crippen molar-refractivity contribution in [1.29, 1.82) is 0 Å². The molecular weight excluding hydrogens is 196 g/mol. The number of para-hydroxylation sites is 1. The molecule has 0 saturated heterocycles. The Morgan fingerprint density at radius 1 is 1.20 bits per heavy atom. The molecule has 0 spiro atoms. The van der Waals surface area contributed by atoms with Crippen LogP contribution in [0.5, 0.6) is 0 Å². The predicted molar refractivity (Wildman–Crippen MR) is 57.2 cm³/mol. The maximum atomic E-state index is 10.6.